The highest BCUT2D eigenvalue weighted by molar-refractivity contribution is 5.91. The van der Waals surface area contributed by atoms with Crippen LogP contribution in [-0.2, 0) is 0 Å². The number of nitrogens with one attached hydrogen (secondary N) is 3. The monoisotopic (exact) mass is 1020 g/mol. The van der Waals surface area contributed by atoms with Crippen LogP contribution in [0.4, 0.5) is 0 Å². The van der Waals surface area contributed by atoms with Crippen LogP contribution in [0.3, 0.4) is 0 Å². The zero-order valence-electron chi connectivity index (χ0n) is 44.2. The van der Waals surface area contributed by atoms with Crippen molar-refractivity contribution in [1.82, 2.24) is 25.8 Å². The Bertz CT molecular complexity index is 4070. The molecule has 9 aromatic rings. The zero-order valence-corrected chi connectivity index (χ0v) is 44.2. The van der Waals surface area contributed by atoms with Gasteiger partial charge in [-0.1, -0.05) is 146 Å². The number of hydrogen-bond acceptors (Lipinski definition) is 5. The second kappa shape index (κ2) is 21.9. The van der Waals surface area contributed by atoms with Crippen LogP contribution in [0.15, 0.2) is 274 Å². The number of pyridine rings is 1. The molecule has 0 aliphatic carbocycles. The summed E-state index contributed by atoms with van der Waals surface area (Å²) >= 11 is 0. The highest BCUT2D eigenvalue weighted by atomic mass is 15.1. The van der Waals surface area contributed by atoms with Gasteiger partial charge in [0.05, 0.1) is 0 Å². The van der Waals surface area contributed by atoms with E-state index in [4.69, 9.17) is 0 Å². The number of likely N-dealkylation sites (N-methyl/N-ethyl adjacent to an activating group) is 1. The van der Waals surface area contributed by atoms with E-state index in [0.29, 0.717) is 0 Å². The molecule has 0 bridgehead atoms. The van der Waals surface area contributed by atoms with Crippen molar-refractivity contribution in [3.8, 4) is 77.9 Å². The molecule has 4 aliphatic rings. The van der Waals surface area contributed by atoms with Gasteiger partial charge in [-0.05, 0) is 225 Å². The number of nitrogens with zero attached hydrogens (tertiary/aromatic N) is 2. The number of hydrogen-bond donors (Lipinski definition) is 3. The predicted octanol–water partition coefficient (Wildman–Crippen LogP) is 16.6. The van der Waals surface area contributed by atoms with E-state index in [1.165, 1.54) is 89.1 Å². The number of allylic oxidation sites excluding steroid dienone is 8. The van der Waals surface area contributed by atoms with Crippen LogP contribution in [0.25, 0.3) is 106 Å². The quantitative estimate of drug-likeness (QED) is 0.114. The first kappa shape index (κ1) is 48.7. The van der Waals surface area contributed by atoms with Gasteiger partial charge in [-0.2, -0.15) is 0 Å². The van der Waals surface area contributed by atoms with Gasteiger partial charge in [-0.3, -0.25) is 4.98 Å². The maximum Gasteiger partial charge on any atom is 0.0401 e. The van der Waals surface area contributed by atoms with E-state index in [2.05, 4.69) is 282 Å². The topological polar surface area (TPSA) is 52.2 Å². The lowest BCUT2D eigenvalue weighted by atomic mass is 9.89. The highest BCUT2D eigenvalue weighted by Gasteiger charge is 2.17. The van der Waals surface area contributed by atoms with Crippen molar-refractivity contribution in [1.29, 1.82) is 0 Å². The van der Waals surface area contributed by atoms with Gasteiger partial charge >= 0.3 is 0 Å². The van der Waals surface area contributed by atoms with Crippen molar-refractivity contribution in [3.05, 3.63) is 302 Å². The summed E-state index contributed by atoms with van der Waals surface area (Å²) < 4.78 is 0. The summed E-state index contributed by atoms with van der Waals surface area (Å²) in [4.78, 5) is 6.65. The standard InChI is InChI=1S/C74H59N5/c1-79-31-11-27-66(50-79)54-15-5-19-58(35-54)70-39-69(57-18-4-14-53(34-57)65-26-10-30-77-47-65)42-72(43-70)60-21-7-23-62(37-60)74-44-73(48-78-49-74)61-22-6-20-59(36-61)71-40-67(55-16-2-12-51(32-55)63-24-8-28-75-45-63)38-68(41-71)56-17-3-13-52(33-56)64-25-9-29-76-46-64/h2-29,32-45,47-48,50,76-78H,30-31,46,49H2,1H3. The molecule has 0 spiro atoms. The Hall–Kier alpha value is -9.97. The molecule has 4 aliphatic heterocycles. The van der Waals surface area contributed by atoms with E-state index < -0.39 is 0 Å². The summed E-state index contributed by atoms with van der Waals surface area (Å²) in [6.45, 7) is 3.29. The van der Waals surface area contributed by atoms with Crippen LogP contribution in [0.2, 0.25) is 0 Å². The molecule has 5 heterocycles. The average molecular weight is 1020 g/mol. The summed E-state index contributed by atoms with van der Waals surface area (Å²) in [5, 5.41) is 10.4. The van der Waals surface area contributed by atoms with Crippen molar-refractivity contribution < 1.29 is 0 Å². The SMILES string of the molecule is CN1C=C(c2cccc(-c3cc(-c4cccc(C5=CNCC=C5)c4)cc(-c4cccc(C5=CC(c6cccc(-c7cc(-c8cccc(C9=CC=CNC9)c8)cc(-c8cccc(-c9cccnc9)c8)c7)c6)=CNC5)c4)c3)c2)C=CC1. The summed E-state index contributed by atoms with van der Waals surface area (Å²) in [5.41, 5.74) is 28.3. The Morgan fingerprint density at radius 1 is 0.380 bits per heavy atom. The lowest BCUT2D eigenvalue weighted by Gasteiger charge is -2.19. The van der Waals surface area contributed by atoms with Crippen LogP contribution in [0.5, 0.6) is 0 Å². The molecule has 1 aromatic heterocycles. The number of rotatable bonds is 12. The maximum atomic E-state index is 4.42. The molecule has 79 heavy (non-hydrogen) atoms. The smallest absolute Gasteiger partial charge is 0.0401 e. The maximum absolute atomic E-state index is 4.42. The molecule has 0 radical (unpaired) electrons. The van der Waals surface area contributed by atoms with Gasteiger partial charge in [0.25, 0.3) is 0 Å². The lowest BCUT2D eigenvalue weighted by Crippen LogP contribution is -2.14. The third kappa shape index (κ3) is 10.8. The van der Waals surface area contributed by atoms with Gasteiger partial charge in [-0.15, -0.1) is 0 Å². The van der Waals surface area contributed by atoms with Crippen LogP contribution >= 0.6 is 0 Å². The van der Waals surface area contributed by atoms with Crippen molar-refractivity contribution in [2.24, 2.45) is 0 Å². The van der Waals surface area contributed by atoms with E-state index in [1.807, 2.05) is 24.7 Å². The van der Waals surface area contributed by atoms with Gasteiger partial charge < -0.3 is 20.9 Å². The Morgan fingerprint density at radius 3 is 1.29 bits per heavy atom. The molecule has 0 saturated carbocycles. The van der Waals surface area contributed by atoms with Gasteiger partial charge in [-0.25, -0.2) is 0 Å². The molecule has 13 rings (SSSR count). The number of aromatic nitrogens is 1. The summed E-state index contributed by atoms with van der Waals surface area (Å²) in [6, 6.07) is 71.9. The first-order valence-electron chi connectivity index (χ1n) is 27.3. The van der Waals surface area contributed by atoms with Gasteiger partial charge in [0.15, 0.2) is 0 Å². The zero-order chi connectivity index (χ0) is 52.9. The summed E-state index contributed by atoms with van der Waals surface area (Å²) in [6.07, 6.45) is 27.8. The lowest BCUT2D eigenvalue weighted by molar-refractivity contribution is 0.507. The minimum atomic E-state index is 0.724. The second-order valence-electron chi connectivity index (χ2n) is 20.7. The Labute approximate surface area is 464 Å². The fourth-order valence-electron chi connectivity index (χ4n) is 11.2. The van der Waals surface area contributed by atoms with Crippen molar-refractivity contribution in [2.75, 3.05) is 33.2 Å². The molecule has 5 heteroatoms. The molecule has 0 unspecified atom stereocenters. The Kier molecular flexibility index (Phi) is 13.5. The van der Waals surface area contributed by atoms with Crippen LogP contribution in [-0.4, -0.2) is 43.1 Å². The van der Waals surface area contributed by atoms with Gasteiger partial charge in [0.2, 0.25) is 0 Å². The first-order chi connectivity index (χ1) is 39.0. The van der Waals surface area contributed by atoms with E-state index in [1.54, 1.807) is 0 Å². The minimum Gasteiger partial charge on any atom is -0.387 e. The molecule has 5 nitrogen and oxygen atoms in total. The second-order valence-corrected chi connectivity index (χ2v) is 20.7. The Morgan fingerprint density at radius 2 is 0.797 bits per heavy atom. The molecular weight excluding hydrogens is 959 g/mol. The highest BCUT2D eigenvalue weighted by Crippen LogP contribution is 2.39. The number of benzene rings is 8. The largest absolute Gasteiger partial charge is 0.387 e. The fourth-order valence-corrected chi connectivity index (χ4v) is 11.2. The van der Waals surface area contributed by atoms with Crippen molar-refractivity contribution >= 4 is 27.9 Å². The van der Waals surface area contributed by atoms with Crippen LogP contribution in [0, 0.1) is 0 Å². The molecule has 3 N–H and O–H groups in total. The van der Waals surface area contributed by atoms with Crippen LogP contribution < -0.4 is 16.0 Å². The fraction of sp³-hybridized carbons (Fsp3) is 0.0676. The third-order valence-electron chi connectivity index (χ3n) is 15.3. The van der Waals surface area contributed by atoms with Crippen molar-refractivity contribution in [2.45, 2.75) is 0 Å². The van der Waals surface area contributed by atoms with E-state index in [0.717, 1.165) is 70.7 Å². The molecule has 8 aromatic carbocycles. The van der Waals surface area contributed by atoms with Gasteiger partial charge in [0.1, 0.15) is 0 Å². The van der Waals surface area contributed by atoms with E-state index in [-0.39, 0.29) is 0 Å². The Balaban J connectivity index is 0.852. The molecule has 0 atom stereocenters. The number of dihydropyridines is 3. The molecule has 0 fully saturated rings. The van der Waals surface area contributed by atoms with E-state index in [9.17, 15) is 0 Å². The first-order valence-corrected chi connectivity index (χ1v) is 27.3. The van der Waals surface area contributed by atoms with Gasteiger partial charge in [0, 0.05) is 69.8 Å². The summed E-state index contributed by atoms with van der Waals surface area (Å²) in [7, 11) is 2.13. The third-order valence-corrected chi connectivity index (χ3v) is 15.3. The molecular formula is C74H59N5. The molecule has 0 amide bonds. The predicted molar refractivity (Wildman–Crippen MR) is 333 cm³/mol. The average Bonchev–Trinajstić information content (AvgIpc) is 3.55. The summed E-state index contributed by atoms with van der Waals surface area (Å²) in [5.74, 6) is 0. The molecule has 380 valence electrons. The van der Waals surface area contributed by atoms with E-state index >= 15 is 0 Å². The minimum absolute atomic E-state index is 0.724. The van der Waals surface area contributed by atoms with Crippen LogP contribution in [0.1, 0.15) is 27.8 Å². The molecule has 0 saturated heterocycles. The van der Waals surface area contributed by atoms with Crippen molar-refractivity contribution in [3.63, 3.8) is 0 Å². The normalized spacial score (nSPS) is 14.7.